The van der Waals surface area contributed by atoms with Gasteiger partial charge in [0.2, 0.25) is 0 Å². The molecule has 8 aromatic rings. The van der Waals surface area contributed by atoms with E-state index in [2.05, 4.69) is 172 Å². The van der Waals surface area contributed by atoms with Crippen LogP contribution >= 0.6 is 31.9 Å². The molecule has 0 amide bonds. The van der Waals surface area contributed by atoms with Gasteiger partial charge in [0.05, 0.1) is 35.3 Å². The predicted octanol–water partition coefficient (Wildman–Crippen LogP) is 12.2. The number of benzene rings is 4. The lowest BCUT2D eigenvalue weighted by molar-refractivity contribution is 0.393. The summed E-state index contributed by atoms with van der Waals surface area (Å²) in [4.78, 5) is 8.81. The van der Waals surface area contributed by atoms with Crippen molar-refractivity contribution in [3.63, 3.8) is 0 Å². The van der Waals surface area contributed by atoms with Gasteiger partial charge in [0.1, 0.15) is 11.5 Å². The first kappa shape index (κ1) is 41.0. The summed E-state index contributed by atoms with van der Waals surface area (Å²) in [5.74, 6) is 0.818. The zero-order valence-electron chi connectivity index (χ0n) is 35.4. The number of hydrogen-bond donors (Lipinski definition) is 0. The Kier molecular flexibility index (Phi) is 11.4. The Morgan fingerprint density at radius 3 is 2.15 bits per heavy atom. The normalized spacial score (nSPS) is 11.4. The first-order valence-corrected chi connectivity index (χ1v) is 21.8. The number of rotatable bonds is 12. The molecule has 0 unspecified atom stereocenters. The molecule has 0 saturated heterocycles. The third kappa shape index (κ3) is 7.38. The van der Waals surface area contributed by atoms with E-state index < -0.39 is 0 Å². The molecular weight excluding hydrogens is 880 g/mol. The molecule has 0 aliphatic heterocycles. The molecule has 4 aromatic heterocycles. The number of nitrogens with zero attached hydrogens (tertiary/aromatic N) is 10. The second-order valence-corrected chi connectivity index (χ2v) is 16.7. The van der Waals surface area contributed by atoms with Gasteiger partial charge in [0.15, 0.2) is 0 Å². The van der Waals surface area contributed by atoms with Crippen LogP contribution in [0.1, 0.15) is 54.7 Å². The molecule has 0 aliphatic carbocycles. The monoisotopic (exact) mass is 926 g/mol. The van der Waals surface area contributed by atoms with Crippen LogP contribution in [0.3, 0.4) is 0 Å². The van der Waals surface area contributed by atoms with Gasteiger partial charge in [-0.25, -0.2) is 9.67 Å². The smallest absolute Gasteiger partial charge is 0.141 e. The van der Waals surface area contributed by atoms with Crippen molar-refractivity contribution in [3.05, 3.63) is 135 Å². The van der Waals surface area contributed by atoms with Crippen LogP contribution in [0.15, 0.2) is 105 Å². The number of hydrogen-bond acceptors (Lipinski definition) is 8. The van der Waals surface area contributed by atoms with Crippen LogP contribution in [0.25, 0.3) is 44.9 Å². The first-order chi connectivity index (χ1) is 28.9. The van der Waals surface area contributed by atoms with Gasteiger partial charge in [-0.2, -0.15) is 5.10 Å². The Balaban J connectivity index is 1.17. The average Bonchev–Trinajstić information content (AvgIpc) is 4.07. The fourth-order valence-electron chi connectivity index (χ4n) is 8.35. The van der Waals surface area contributed by atoms with Crippen molar-refractivity contribution in [3.8, 4) is 44.9 Å². The summed E-state index contributed by atoms with van der Waals surface area (Å²) >= 11 is 7.74. The van der Waals surface area contributed by atoms with Gasteiger partial charge in [0.25, 0.3) is 0 Å². The topological polar surface area (TPSA) is 98.9 Å². The van der Waals surface area contributed by atoms with Crippen LogP contribution < -0.4 is 9.80 Å². The number of aromatic nitrogens is 8. The van der Waals surface area contributed by atoms with Gasteiger partial charge in [0, 0.05) is 86.6 Å². The van der Waals surface area contributed by atoms with Crippen molar-refractivity contribution in [1.82, 2.24) is 39.5 Å². The maximum atomic E-state index is 5.53. The highest BCUT2D eigenvalue weighted by atomic mass is 79.9. The third-order valence-corrected chi connectivity index (χ3v) is 12.7. The van der Waals surface area contributed by atoms with E-state index in [9.17, 15) is 0 Å². The molecular formula is C47H48Br2N10O. The van der Waals surface area contributed by atoms with Crippen LogP contribution in [0.4, 0.5) is 22.7 Å². The van der Waals surface area contributed by atoms with E-state index in [-0.39, 0.29) is 0 Å². The van der Waals surface area contributed by atoms with Gasteiger partial charge in [-0.1, -0.05) is 29.4 Å². The van der Waals surface area contributed by atoms with E-state index in [1.807, 2.05) is 35.5 Å². The highest BCUT2D eigenvalue weighted by molar-refractivity contribution is 9.11. The van der Waals surface area contributed by atoms with Gasteiger partial charge >= 0.3 is 0 Å². The van der Waals surface area contributed by atoms with Gasteiger partial charge in [-0.3, -0.25) is 4.68 Å². The molecule has 0 saturated carbocycles. The lowest BCUT2D eigenvalue weighted by Crippen LogP contribution is -2.18. The van der Waals surface area contributed by atoms with Crippen LogP contribution in [-0.4, -0.2) is 53.1 Å². The molecule has 8 rings (SSSR count). The van der Waals surface area contributed by atoms with Crippen molar-refractivity contribution in [2.45, 2.75) is 68.4 Å². The highest BCUT2D eigenvalue weighted by Crippen LogP contribution is 2.42. The summed E-state index contributed by atoms with van der Waals surface area (Å²) in [5.41, 5.74) is 17.7. The minimum atomic E-state index is 0.772. The zero-order valence-corrected chi connectivity index (χ0v) is 38.6. The lowest BCUT2D eigenvalue weighted by Gasteiger charge is -2.27. The standard InChI is InChI=1S/C47H48Br2N10O/c1-10-33-13-14-34(47-30(6)53-60-32(47)8)22-45(33)57(11-2)37-16-18-43(40(49)25-37)59-26-41(51-54-59)38-21-35(46-29(5)52-58(12-3)31(46)7)23-44(28(38)4)55(9)36-15-17-42(39(48)24-36)56-20-19-50-27-56/h13-27H,10-12H2,1-9H3. The van der Waals surface area contributed by atoms with E-state index in [4.69, 9.17) is 19.9 Å². The molecule has 4 aromatic carbocycles. The maximum absolute atomic E-state index is 5.53. The van der Waals surface area contributed by atoms with Gasteiger partial charge in [-0.15, -0.1) is 5.10 Å². The molecule has 60 heavy (non-hydrogen) atoms. The summed E-state index contributed by atoms with van der Waals surface area (Å²) in [6.45, 7) is 18.4. The van der Waals surface area contributed by atoms with Gasteiger partial charge in [-0.05, 0) is 164 Å². The van der Waals surface area contributed by atoms with E-state index in [0.29, 0.717) is 0 Å². The van der Waals surface area contributed by atoms with Crippen molar-refractivity contribution < 1.29 is 4.52 Å². The molecule has 0 fully saturated rings. The highest BCUT2D eigenvalue weighted by Gasteiger charge is 2.23. The van der Waals surface area contributed by atoms with Crippen molar-refractivity contribution >= 4 is 54.6 Å². The minimum Gasteiger partial charge on any atom is -0.361 e. The predicted molar refractivity (Wildman–Crippen MR) is 248 cm³/mol. The zero-order chi connectivity index (χ0) is 42.4. The van der Waals surface area contributed by atoms with Crippen LogP contribution in [-0.2, 0) is 13.0 Å². The van der Waals surface area contributed by atoms with Crippen molar-refractivity contribution in [1.29, 1.82) is 0 Å². The summed E-state index contributed by atoms with van der Waals surface area (Å²) in [5, 5.41) is 18.6. The molecule has 4 heterocycles. The molecule has 0 atom stereocenters. The SMILES string of the molecule is CCc1ccc(-c2c(C)noc2C)cc1N(CC)c1ccc(-n2cc(-c3cc(-c4c(C)nn(CC)c4C)cc(N(C)c4ccc(-n5ccnc5)c(Br)c4)c3C)nn2)c(Br)c1. The summed E-state index contributed by atoms with van der Waals surface area (Å²) in [6, 6.07) is 23.9. The average molecular weight is 929 g/mol. The number of aryl methyl sites for hydroxylation is 5. The Hall–Kier alpha value is -5.79. The van der Waals surface area contributed by atoms with Crippen molar-refractivity contribution in [2.75, 3.05) is 23.4 Å². The maximum Gasteiger partial charge on any atom is 0.141 e. The molecule has 306 valence electrons. The summed E-state index contributed by atoms with van der Waals surface area (Å²) in [6.07, 6.45) is 8.44. The summed E-state index contributed by atoms with van der Waals surface area (Å²) < 4.78 is 13.3. The molecule has 0 spiro atoms. The largest absolute Gasteiger partial charge is 0.361 e. The minimum absolute atomic E-state index is 0.772. The van der Waals surface area contributed by atoms with E-state index >= 15 is 0 Å². The first-order valence-electron chi connectivity index (χ1n) is 20.2. The molecule has 0 radical (unpaired) electrons. The third-order valence-electron chi connectivity index (χ3n) is 11.5. The molecule has 0 bridgehead atoms. The quantitative estimate of drug-likeness (QED) is 0.119. The van der Waals surface area contributed by atoms with E-state index in [1.54, 1.807) is 12.5 Å². The molecule has 11 nitrogen and oxygen atoms in total. The number of anilines is 4. The summed E-state index contributed by atoms with van der Waals surface area (Å²) in [7, 11) is 2.11. The molecule has 0 aliphatic rings. The van der Waals surface area contributed by atoms with Crippen LogP contribution in [0, 0.1) is 34.6 Å². The number of imidazole rings is 1. The van der Waals surface area contributed by atoms with Crippen LogP contribution in [0.5, 0.6) is 0 Å². The Labute approximate surface area is 367 Å². The fourth-order valence-corrected chi connectivity index (χ4v) is 9.47. The van der Waals surface area contributed by atoms with Gasteiger partial charge < -0.3 is 18.9 Å². The van der Waals surface area contributed by atoms with E-state index in [0.717, 1.165) is 124 Å². The Morgan fingerprint density at radius 2 is 1.50 bits per heavy atom. The molecule has 0 N–H and O–H groups in total. The Bertz CT molecular complexity index is 2830. The van der Waals surface area contributed by atoms with Crippen molar-refractivity contribution in [2.24, 2.45) is 0 Å². The second-order valence-electron chi connectivity index (χ2n) is 15.0. The fraction of sp³-hybridized carbons (Fsp3) is 0.255. The molecule has 13 heteroatoms. The second kappa shape index (κ2) is 16.7. The lowest BCUT2D eigenvalue weighted by atomic mass is 9.94. The number of halogens is 2. The van der Waals surface area contributed by atoms with Crippen LogP contribution in [0.2, 0.25) is 0 Å². The van der Waals surface area contributed by atoms with E-state index in [1.165, 1.54) is 5.56 Å². The Morgan fingerprint density at radius 1 is 0.767 bits per heavy atom.